The van der Waals surface area contributed by atoms with Gasteiger partial charge >= 0.3 is 11.9 Å². The number of amides is 3. The molecule has 0 saturated carbocycles. The molecule has 1 aromatic carbocycles. The number of benzene rings is 1. The highest BCUT2D eigenvalue weighted by atomic mass is 19.1. The van der Waals surface area contributed by atoms with Crippen LogP contribution >= 0.6 is 0 Å². The topological polar surface area (TPSA) is 143 Å². The van der Waals surface area contributed by atoms with E-state index in [0.717, 1.165) is 0 Å². The van der Waals surface area contributed by atoms with Crippen molar-refractivity contribution in [2.45, 2.75) is 19.6 Å². The number of carbonyl (C=O) groups excluding carboxylic acids is 3. The minimum atomic E-state index is -0.629. The predicted octanol–water partition coefficient (Wildman–Crippen LogP) is 0.740. The van der Waals surface area contributed by atoms with Crippen molar-refractivity contribution in [1.29, 1.82) is 0 Å². The largest absolute Gasteiger partial charge is 0.442 e. The molecule has 0 aliphatic carbocycles. The summed E-state index contributed by atoms with van der Waals surface area (Å²) in [6.45, 7) is 3.19. The molecule has 0 spiro atoms. The molecule has 1 atom stereocenters. The fourth-order valence-electron chi connectivity index (χ4n) is 4.00. The van der Waals surface area contributed by atoms with Crippen molar-refractivity contribution in [3.05, 3.63) is 46.7 Å². The highest BCUT2D eigenvalue weighted by Gasteiger charge is 2.33. The van der Waals surface area contributed by atoms with Gasteiger partial charge in [0.1, 0.15) is 24.7 Å². The number of hydrogen-bond donors (Lipinski definition) is 1. The highest BCUT2D eigenvalue weighted by molar-refractivity contribution is 5.90. The molecule has 0 radical (unpaired) electrons. The third-order valence-electron chi connectivity index (χ3n) is 5.79. The van der Waals surface area contributed by atoms with Crippen LogP contribution < -0.4 is 15.1 Å². The lowest BCUT2D eigenvalue weighted by Gasteiger charge is -2.36. The molecule has 3 amide bonds. The molecule has 2 aromatic rings. The molecule has 2 saturated heterocycles. The predicted molar refractivity (Wildman–Crippen MR) is 120 cm³/mol. The standard InChI is InChI=1S/C21H24FN7O6/c1-14(30)23-9-16-10-28(21(32)35-16)15-2-3-18(17(22)8-15)26-4-6-27(7-5-26)20(31)12-25-11-19(24-13-25)29(33)34/h2-3,8,11,13,16H,4-7,9-10,12H2,1H3,(H,23,30)/t16-/m0/s1. The Kier molecular flexibility index (Phi) is 6.80. The average molecular weight is 489 g/mol. The molecule has 13 nitrogen and oxygen atoms in total. The van der Waals surface area contributed by atoms with Crippen molar-refractivity contribution in [1.82, 2.24) is 19.8 Å². The van der Waals surface area contributed by atoms with E-state index in [2.05, 4.69) is 10.3 Å². The van der Waals surface area contributed by atoms with E-state index >= 15 is 0 Å². The van der Waals surface area contributed by atoms with Crippen molar-refractivity contribution in [2.75, 3.05) is 49.1 Å². The summed E-state index contributed by atoms with van der Waals surface area (Å²) >= 11 is 0. The SMILES string of the molecule is CC(=O)NC[C@H]1CN(c2ccc(N3CCN(C(=O)Cn4cnc([N+](=O)[O-])c4)CC3)c(F)c2)C(=O)O1. The average Bonchev–Trinajstić information content (AvgIpc) is 3.44. The number of carbonyl (C=O) groups is 3. The van der Waals surface area contributed by atoms with Crippen molar-refractivity contribution in [3.63, 3.8) is 0 Å². The maximum Gasteiger partial charge on any atom is 0.414 e. The fourth-order valence-corrected chi connectivity index (χ4v) is 4.00. The number of anilines is 2. The maximum absolute atomic E-state index is 15.0. The van der Waals surface area contributed by atoms with Crippen molar-refractivity contribution < 1.29 is 28.4 Å². The number of aromatic nitrogens is 2. The first-order valence-corrected chi connectivity index (χ1v) is 10.9. The number of nitrogens with zero attached hydrogens (tertiary/aromatic N) is 6. The summed E-state index contributed by atoms with van der Waals surface area (Å²) in [5.41, 5.74) is 0.707. The van der Waals surface area contributed by atoms with E-state index < -0.39 is 22.9 Å². The number of hydrogen-bond acceptors (Lipinski definition) is 8. The molecule has 1 aromatic heterocycles. The molecule has 14 heteroatoms. The van der Waals surface area contributed by atoms with Gasteiger partial charge in [-0.3, -0.25) is 14.5 Å². The van der Waals surface area contributed by atoms with Gasteiger partial charge in [0, 0.05) is 33.1 Å². The zero-order chi connectivity index (χ0) is 25.1. The maximum atomic E-state index is 15.0. The lowest BCUT2D eigenvalue weighted by atomic mass is 10.2. The third kappa shape index (κ3) is 5.47. The first kappa shape index (κ1) is 23.9. The summed E-state index contributed by atoms with van der Waals surface area (Å²) in [4.78, 5) is 54.2. The van der Waals surface area contributed by atoms with Crippen molar-refractivity contribution in [2.24, 2.45) is 0 Å². The zero-order valence-corrected chi connectivity index (χ0v) is 18.9. The highest BCUT2D eigenvalue weighted by Crippen LogP contribution is 2.28. The molecule has 0 unspecified atom stereocenters. The number of piperazine rings is 1. The van der Waals surface area contributed by atoms with Gasteiger partial charge in [0.15, 0.2) is 0 Å². The Bertz CT molecular complexity index is 1150. The number of rotatable bonds is 7. The van der Waals surface area contributed by atoms with Crippen LogP contribution in [0.2, 0.25) is 0 Å². The Morgan fingerprint density at radius 1 is 1.29 bits per heavy atom. The Hall–Kier alpha value is -4.23. The van der Waals surface area contributed by atoms with Crippen LogP contribution in [0.1, 0.15) is 6.92 Å². The second-order valence-corrected chi connectivity index (χ2v) is 8.22. The summed E-state index contributed by atoms with van der Waals surface area (Å²) in [6, 6.07) is 4.48. The van der Waals surface area contributed by atoms with Crippen LogP contribution in [0.4, 0.5) is 26.4 Å². The molecular formula is C21H24FN7O6. The fraction of sp³-hybridized carbons (Fsp3) is 0.429. The first-order valence-electron chi connectivity index (χ1n) is 10.9. The lowest BCUT2D eigenvalue weighted by molar-refractivity contribution is -0.389. The summed E-state index contributed by atoms with van der Waals surface area (Å²) < 4.78 is 21.5. The minimum absolute atomic E-state index is 0.0707. The van der Waals surface area contributed by atoms with Gasteiger partial charge in [-0.15, -0.1) is 0 Å². The second kappa shape index (κ2) is 9.95. The molecule has 3 heterocycles. The molecule has 186 valence electrons. The number of cyclic esters (lactones) is 1. The first-order chi connectivity index (χ1) is 16.7. The molecule has 0 bridgehead atoms. The van der Waals surface area contributed by atoms with E-state index in [1.54, 1.807) is 17.0 Å². The van der Waals surface area contributed by atoms with Crippen LogP contribution in [-0.2, 0) is 20.9 Å². The van der Waals surface area contributed by atoms with Crippen LogP contribution in [-0.4, -0.2) is 82.7 Å². The van der Waals surface area contributed by atoms with E-state index in [4.69, 9.17) is 4.74 Å². The van der Waals surface area contributed by atoms with Gasteiger partial charge in [-0.1, -0.05) is 0 Å². The number of imidazole rings is 1. The van der Waals surface area contributed by atoms with Gasteiger partial charge in [-0.2, -0.15) is 0 Å². The van der Waals surface area contributed by atoms with Crippen LogP contribution in [0, 0.1) is 15.9 Å². The molecule has 2 fully saturated rings. The second-order valence-electron chi connectivity index (χ2n) is 8.22. The van der Waals surface area contributed by atoms with Gasteiger partial charge in [0.25, 0.3) is 0 Å². The van der Waals surface area contributed by atoms with Crippen LogP contribution in [0.5, 0.6) is 0 Å². The van der Waals surface area contributed by atoms with E-state index in [9.17, 15) is 28.9 Å². The molecule has 4 rings (SSSR count). The van der Waals surface area contributed by atoms with Gasteiger partial charge in [-0.05, 0) is 28.1 Å². The number of nitro groups is 1. The molecule has 2 aliphatic heterocycles. The lowest BCUT2D eigenvalue weighted by Crippen LogP contribution is -2.49. The monoisotopic (exact) mass is 489 g/mol. The number of halogens is 1. The van der Waals surface area contributed by atoms with Gasteiger partial charge in [0.2, 0.25) is 18.1 Å². The van der Waals surface area contributed by atoms with Crippen LogP contribution in [0.15, 0.2) is 30.7 Å². The Morgan fingerprint density at radius 2 is 2.03 bits per heavy atom. The van der Waals surface area contributed by atoms with Gasteiger partial charge in [0.05, 0.1) is 24.5 Å². The normalized spacial score (nSPS) is 17.9. The minimum Gasteiger partial charge on any atom is -0.442 e. The van der Waals surface area contributed by atoms with E-state index in [-0.39, 0.29) is 37.3 Å². The summed E-state index contributed by atoms with van der Waals surface area (Å²) in [7, 11) is 0. The van der Waals surface area contributed by atoms with E-state index in [1.165, 1.54) is 35.0 Å². The van der Waals surface area contributed by atoms with E-state index in [0.29, 0.717) is 37.6 Å². The van der Waals surface area contributed by atoms with Crippen LogP contribution in [0.25, 0.3) is 0 Å². The smallest absolute Gasteiger partial charge is 0.414 e. The van der Waals surface area contributed by atoms with Gasteiger partial charge < -0.3 is 34.5 Å². The Balaban J connectivity index is 1.32. The molecule has 2 aliphatic rings. The summed E-state index contributed by atoms with van der Waals surface area (Å²) in [5, 5.41) is 13.3. The number of nitrogens with one attached hydrogen (secondary N) is 1. The van der Waals surface area contributed by atoms with E-state index in [1.807, 2.05) is 4.90 Å². The number of ether oxygens (including phenoxy) is 1. The van der Waals surface area contributed by atoms with Crippen molar-refractivity contribution >= 4 is 35.1 Å². The molecule has 35 heavy (non-hydrogen) atoms. The Labute approximate surface area is 199 Å². The third-order valence-corrected chi connectivity index (χ3v) is 5.79. The zero-order valence-electron chi connectivity index (χ0n) is 18.9. The summed E-state index contributed by atoms with van der Waals surface area (Å²) in [6.07, 6.45) is 1.31. The molecular weight excluding hydrogens is 465 g/mol. The summed E-state index contributed by atoms with van der Waals surface area (Å²) in [5.74, 6) is -1.28. The Morgan fingerprint density at radius 3 is 2.66 bits per heavy atom. The van der Waals surface area contributed by atoms with Crippen LogP contribution in [0.3, 0.4) is 0 Å². The van der Waals surface area contributed by atoms with Gasteiger partial charge in [-0.25, -0.2) is 9.18 Å². The van der Waals surface area contributed by atoms with Crippen molar-refractivity contribution in [3.8, 4) is 0 Å². The molecule has 1 N–H and O–H groups in total. The quantitative estimate of drug-likeness (QED) is 0.443.